The van der Waals surface area contributed by atoms with Gasteiger partial charge in [-0.05, 0) is 30.2 Å². The number of nitrogens with zero attached hydrogens (tertiary/aromatic N) is 1. The van der Waals surface area contributed by atoms with Crippen LogP contribution in [-0.4, -0.2) is 5.11 Å². The molecule has 0 spiro atoms. The van der Waals surface area contributed by atoms with E-state index >= 15 is 0 Å². The largest absolute Gasteiger partial charge is 0.489 e. The molecule has 0 aromatic heterocycles. The molecule has 0 saturated heterocycles. The van der Waals surface area contributed by atoms with Crippen LogP contribution in [0.15, 0.2) is 42.5 Å². The molecule has 0 unspecified atom stereocenters. The summed E-state index contributed by atoms with van der Waals surface area (Å²) in [6, 6.07) is 14.7. The number of aliphatic hydroxyl groups is 1. The summed E-state index contributed by atoms with van der Waals surface area (Å²) >= 11 is 6.05. The summed E-state index contributed by atoms with van der Waals surface area (Å²) in [5, 5.41) is 19.0. The number of benzene rings is 2. The molecule has 0 amide bonds. The summed E-state index contributed by atoms with van der Waals surface area (Å²) in [6.45, 7) is 2.21. The smallest absolute Gasteiger partial charge is 0.167 e. The zero-order chi connectivity index (χ0) is 14.5. The second kappa shape index (κ2) is 6.42. The molecule has 0 aliphatic carbocycles. The van der Waals surface area contributed by atoms with Crippen LogP contribution in [0, 0.1) is 18.3 Å². The fourth-order valence-corrected chi connectivity index (χ4v) is 2.25. The molecular formula is C16H14ClNO2. The molecule has 20 heavy (non-hydrogen) atoms. The van der Waals surface area contributed by atoms with E-state index in [2.05, 4.69) is 0 Å². The Morgan fingerprint density at radius 2 is 2.00 bits per heavy atom. The minimum Gasteiger partial charge on any atom is -0.489 e. The van der Waals surface area contributed by atoms with Gasteiger partial charge in [-0.15, -0.1) is 0 Å². The molecule has 1 N–H and O–H groups in total. The molecule has 0 radical (unpaired) electrons. The molecule has 0 aliphatic rings. The molecule has 0 saturated carbocycles. The van der Waals surface area contributed by atoms with Gasteiger partial charge in [-0.2, -0.15) is 5.26 Å². The van der Waals surface area contributed by atoms with Crippen molar-refractivity contribution in [2.45, 2.75) is 19.6 Å². The SMILES string of the molecule is Cc1ccccc1OCc1cccc(Cl)c1[C@@H](O)C#N. The lowest BCUT2D eigenvalue weighted by molar-refractivity contribution is 0.229. The van der Waals surface area contributed by atoms with E-state index in [0.717, 1.165) is 11.3 Å². The Kier molecular flexibility index (Phi) is 4.62. The van der Waals surface area contributed by atoms with Crippen molar-refractivity contribution in [1.82, 2.24) is 0 Å². The van der Waals surface area contributed by atoms with E-state index < -0.39 is 6.10 Å². The lowest BCUT2D eigenvalue weighted by Gasteiger charge is -2.14. The van der Waals surface area contributed by atoms with E-state index in [-0.39, 0.29) is 6.61 Å². The van der Waals surface area contributed by atoms with Crippen molar-refractivity contribution < 1.29 is 9.84 Å². The lowest BCUT2D eigenvalue weighted by Crippen LogP contribution is -2.05. The number of hydrogen-bond acceptors (Lipinski definition) is 3. The Labute approximate surface area is 123 Å². The third-order valence-electron chi connectivity index (χ3n) is 3.02. The van der Waals surface area contributed by atoms with Gasteiger partial charge in [0.1, 0.15) is 12.4 Å². The van der Waals surface area contributed by atoms with E-state index in [1.165, 1.54) is 0 Å². The van der Waals surface area contributed by atoms with Gasteiger partial charge in [-0.1, -0.05) is 41.9 Å². The Morgan fingerprint density at radius 1 is 1.25 bits per heavy atom. The lowest BCUT2D eigenvalue weighted by atomic mass is 10.0. The Balaban J connectivity index is 2.25. The topological polar surface area (TPSA) is 53.2 Å². The van der Waals surface area contributed by atoms with Gasteiger partial charge < -0.3 is 9.84 Å². The van der Waals surface area contributed by atoms with Gasteiger partial charge >= 0.3 is 0 Å². The predicted molar refractivity (Wildman–Crippen MR) is 77.5 cm³/mol. The Morgan fingerprint density at radius 3 is 2.70 bits per heavy atom. The maximum Gasteiger partial charge on any atom is 0.167 e. The van der Waals surface area contributed by atoms with Crippen molar-refractivity contribution in [2.75, 3.05) is 0 Å². The molecule has 102 valence electrons. The second-order valence-electron chi connectivity index (χ2n) is 4.40. The number of aliphatic hydroxyl groups excluding tert-OH is 1. The minimum absolute atomic E-state index is 0.249. The van der Waals surface area contributed by atoms with Gasteiger partial charge in [0.05, 0.1) is 6.07 Å². The summed E-state index contributed by atoms with van der Waals surface area (Å²) in [5.41, 5.74) is 2.14. The highest BCUT2D eigenvalue weighted by molar-refractivity contribution is 6.31. The van der Waals surface area contributed by atoms with E-state index in [1.54, 1.807) is 24.3 Å². The predicted octanol–water partition coefficient (Wildman–Crippen LogP) is 3.78. The molecule has 0 aliphatic heterocycles. The van der Waals surface area contributed by atoms with Gasteiger partial charge in [-0.3, -0.25) is 0 Å². The molecule has 0 bridgehead atoms. The highest BCUT2D eigenvalue weighted by Crippen LogP contribution is 2.28. The number of para-hydroxylation sites is 1. The number of ether oxygens (including phenoxy) is 1. The van der Waals surface area contributed by atoms with Crippen molar-refractivity contribution in [3.05, 3.63) is 64.2 Å². The maximum atomic E-state index is 9.74. The highest BCUT2D eigenvalue weighted by Gasteiger charge is 2.16. The van der Waals surface area contributed by atoms with Crippen LogP contribution in [0.5, 0.6) is 5.75 Å². The van der Waals surface area contributed by atoms with Crippen molar-refractivity contribution >= 4 is 11.6 Å². The first kappa shape index (κ1) is 14.4. The average molecular weight is 288 g/mol. The zero-order valence-electron chi connectivity index (χ0n) is 11.0. The summed E-state index contributed by atoms with van der Waals surface area (Å²) in [6.07, 6.45) is -1.25. The number of rotatable bonds is 4. The third kappa shape index (κ3) is 3.11. The third-order valence-corrected chi connectivity index (χ3v) is 3.35. The van der Waals surface area contributed by atoms with Crippen LogP contribution >= 0.6 is 11.6 Å². The molecule has 4 heteroatoms. The molecule has 2 aromatic carbocycles. The van der Waals surface area contributed by atoms with E-state index in [9.17, 15) is 5.11 Å². The molecule has 1 atom stereocenters. The van der Waals surface area contributed by atoms with Crippen LogP contribution in [-0.2, 0) is 6.61 Å². The summed E-state index contributed by atoms with van der Waals surface area (Å²) in [4.78, 5) is 0. The first-order chi connectivity index (χ1) is 9.63. The minimum atomic E-state index is -1.25. The Bertz CT molecular complexity index is 649. The van der Waals surface area contributed by atoms with E-state index in [1.807, 2.05) is 31.2 Å². The second-order valence-corrected chi connectivity index (χ2v) is 4.81. The normalized spacial score (nSPS) is 11.7. The summed E-state index contributed by atoms with van der Waals surface area (Å²) in [7, 11) is 0. The average Bonchev–Trinajstić information content (AvgIpc) is 2.46. The van der Waals surface area contributed by atoms with Crippen LogP contribution in [0.2, 0.25) is 5.02 Å². The van der Waals surface area contributed by atoms with Gasteiger partial charge in [-0.25, -0.2) is 0 Å². The highest BCUT2D eigenvalue weighted by atomic mass is 35.5. The molecule has 2 aromatic rings. The number of hydrogen-bond donors (Lipinski definition) is 1. The van der Waals surface area contributed by atoms with E-state index in [4.69, 9.17) is 21.6 Å². The number of halogens is 1. The van der Waals surface area contributed by atoms with Gasteiger partial charge in [0.25, 0.3) is 0 Å². The maximum absolute atomic E-state index is 9.74. The molecule has 3 nitrogen and oxygen atoms in total. The standard InChI is InChI=1S/C16H14ClNO2/c1-11-5-2-3-8-15(11)20-10-12-6-4-7-13(17)16(12)14(19)9-18/h2-8,14,19H,10H2,1H3/t14-/m0/s1. The van der Waals surface area contributed by atoms with Crippen molar-refractivity contribution in [3.63, 3.8) is 0 Å². The number of aryl methyl sites for hydroxylation is 1. The summed E-state index contributed by atoms with van der Waals surface area (Å²) < 4.78 is 5.73. The van der Waals surface area contributed by atoms with Crippen LogP contribution in [0.1, 0.15) is 22.8 Å². The zero-order valence-corrected chi connectivity index (χ0v) is 11.8. The van der Waals surface area contributed by atoms with Gasteiger partial charge in [0.15, 0.2) is 6.10 Å². The van der Waals surface area contributed by atoms with Crippen molar-refractivity contribution in [2.24, 2.45) is 0 Å². The molecule has 0 heterocycles. The molecular weight excluding hydrogens is 274 g/mol. The first-order valence-electron chi connectivity index (χ1n) is 6.17. The van der Waals surface area contributed by atoms with Crippen LogP contribution in [0.25, 0.3) is 0 Å². The Hall–Kier alpha value is -2.02. The van der Waals surface area contributed by atoms with Crippen molar-refractivity contribution in [1.29, 1.82) is 5.26 Å². The van der Waals surface area contributed by atoms with Crippen molar-refractivity contribution in [3.8, 4) is 11.8 Å². The first-order valence-corrected chi connectivity index (χ1v) is 6.54. The van der Waals surface area contributed by atoms with Gasteiger partial charge in [0.2, 0.25) is 0 Å². The monoisotopic (exact) mass is 287 g/mol. The summed E-state index contributed by atoms with van der Waals surface area (Å²) in [5.74, 6) is 0.768. The van der Waals surface area contributed by atoms with Gasteiger partial charge in [0, 0.05) is 10.6 Å². The van der Waals surface area contributed by atoms with Crippen LogP contribution in [0.4, 0.5) is 0 Å². The van der Waals surface area contributed by atoms with Crippen LogP contribution < -0.4 is 4.74 Å². The quantitative estimate of drug-likeness (QED) is 0.871. The molecule has 2 rings (SSSR count). The molecule has 0 fully saturated rings. The fourth-order valence-electron chi connectivity index (χ4n) is 1.95. The van der Waals surface area contributed by atoms with Crippen LogP contribution in [0.3, 0.4) is 0 Å². The fraction of sp³-hybridized carbons (Fsp3) is 0.188. The van der Waals surface area contributed by atoms with E-state index in [0.29, 0.717) is 16.1 Å². The number of nitriles is 1.